The van der Waals surface area contributed by atoms with E-state index in [2.05, 4.69) is 5.32 Å². The standard InChI is InChI=1S/C15H12ClF2NO3/c16-10-4-2-1-3-9(10)13(20)7-19-15(22)8-5-11(17)14(21)12(18)6-8/h1-6,13,20-21H,7H2,(H,19,22)/t13-/m1/s1. The topological polar surface area (TPSA) is 69.6 Å². The molecule has 2 rings (SSSR count). The lowest BCUT2D eigenvalue weighted by molar-refractivity contribution is 0.0915. The Balaban J connectivity index is 2.06. The molecule has 0 fully saturated rings. The molecule has 0 bridgehead atoms. The number of benzene rings is 2. The number of aliphatic hydroxyl groups excluding tert-OH is 1. The lowest BCUT2D eigenvalue weighted by Crippen LogP contribution is -2.28. The molecule has 0 unspecified atom stereocenters. The van der Waals surface area contributed by atoms with Crippen molar-refractivity contribution in [1.29, 1.82) is 0 Å². The number of hydrogen-bond donors (Lipinski definition) is 3. The van der Waals surface area contributed by atoms with Gasteiger partial charge >= 0.3 is 0 Å². The largest absolute Gasteiger partial charge is 0.503 e. The first-order valence-electron chi connectivity index (χ1n) is 6.29. The number of phenolic OH excluding ortho intramolecular Hbond substituents is 1. The molecule has 0 saturated heterocycles. The summed E-state index contributed by atoms with van der Waals surface area (Å²) in [5.41, 5.74) is 0.117. The Hall–Kier alpha value is -2.18. The van der Waals surface area contributed by atoms with Crippen LogP contribution in [0.4, 0.5) is 8.78 Å². The van der Waals surface area contributed by atoms with Crippen molar-refractivity contribution in [2.24, 2.45) is 0 Å². The van der Waals surface area contributed by atoms with Crippen molar-refractivity contribution in [2.75, 3.05) is 6.54 Å². The van der Waals surface area contributed by atoms with Gasteiger partial charge in [-0.3, -0.25) is 4.79 Å². The summed E-state index contributed by atoms with van der Waals surface area (Å²) in [6.45, 7) is -0.188. The number of rotatable bonds is 4. The third-order valence-corrected chi connectivity index (χ3v) is 3.34. The van der Waals surface area contributed by atoms with Gasteiger partial charge in [0.15, 0.2) is 17.4 Å². The highest BCUT2D eigenvalue weighted by Gasteiger charge is 2.16. The Kier molecular flexibility index (Phi) is 4.95. The molecule has 3 N–H and O–H groups in total. The SMILES string of the molecule is O=C(NC[C@@H](O)c1ccccc1Cl)c1cc(F)c(O)c(F)c1. The third-order valence-electron chi connectivity index (χ3n) is 3.00. The van der Waals surface area contributed by atoms with Gasteiger partial charge in [-0.1, -0.05) is 29.8 Å². The van der Waals surface area contributed by atoms with Crippen LogP contribution in [0.15, 0.2) is 36.4 Å². The van der Waals surface area contributed by atoms with E-state index in [1.54, 1.807) is 24.3 Å². The third kappa shape index (κ3) is 3.52. The Morgan fingerprint density at radius 3 is 2.41 bits per heavy atom. The van der Waals surface area contributed by atoms with Crippen LogP contribution < -0.4 is 5.32 Å². The average Bonchev–Trinajstić information content (AvgIpc) is 2.49. The Labute approximate surface area is 130 Å². The molecule has 1 amide bonds. The lowest BCUT2D eigenvalue weighted by Gasteiger charge is -2.13. The van der Waals surface area contributed by atoms with E-state index in [-0.39, 0.29) is 12.1 Å². The number of carbonyl (C=O) groups is 1. The van der Waals surface area contributed by atoms with Crippen molar-refractivity contribution >= 4 is 17.5 Å². The van der Waals surface area contributed by atoms with E-state index >= 15 is 0 Å². The summed E-state index contributed by atoms with van der Waals surface area (Å²) in [6.07, 6.45) is -1.07. The first-order valence-corrected chi connectivity index (χ1v) is 6.66. The minimum atomic E-state index is -1.24. The van der Waals surface area contributed by atoms with Gasteiger partial charge in [0.1, 0.15) is 0 Å². The predicted octanol–water partition coefficient (Wildman–Crippen LogP) is 2.79. The number of carbonyl (C=O) groups excluding carboxylic acids is 1. The molecule has 4 nitrogen and oxygen atoms in total. The molecule has 0 heterocycles. The summed E-state index contributed by atoms with van der Waals surface area (Å²) < 4.78 is 26.4. The van der Waals surface area contributed by atoms with Crippen LogP contribution >= 0.6 is 11.6 Å². The zero-order valence-electron chi connectivity index (χ0n) is 11.2. The van der Waals surface area contributed by atoms with E-state index in [0.29, 0.717) is 22.7 Å². The molecule has 0 radical (unpaired) electrons. The van der Waals surface area contributed by atoms with E-state index in [1.807, 2.05) is 0 Å². The van der Waals surface area contributed by atoms with Gasteiger partial charge in [-0.25, -0.2) is 8.78 Å². The molecular weight excluding hydrogens is 316 g/mol. The minimum absolute atomic E-state index is 0.188. The number of nitrogens with one attached hydrogen (secondary N) is 1. The molecule has 0 aliphatic heterocycles. The van der Waals surface area contributed by atoms with Crippen LogP contribution in [-0.4, -0.2) is 22.7 Å². The van der Waals surface area contributed by atoms with E-state index in [1.165, 1.54) is 0 Å². The van der Waals surface area contributed by atoms with Gasteiger partial charge in [-0.05, 0) is 18.2 Å². The minimum Gasteiger partial charge on any atom is -0.503 e. The normalized spacial score (nSPS) is 12.0. The molecule has 7 heteroatoms. The average molecular weight is 328 g/mol. The van der Waals surface area contributed by atoms with Crippen molar-refractivity contribution in [3.63, 3.8) is 0 Å². The summed E-state index contributed by atoms with van der Waals surface area (Å²) in [5.74, 6) is -4.41. The van der Waals surface area contributed by atoms with Gasteiger partial charge in [0.05, 0.1) is 6.10 Å². The maximum Gasteiger partial charge on any atom is 0.251 e. The molecule has 2 aromatic rings. The van der Waals surface area contributed by atoms with Crippen LogP contribution in [0.1, 0.15) is 22.0 Å². The Bertz CT molecular complexity index is 686. The summed E-state index contributed by atoms with van der Waals surface area (Å²) in [5, 5.41) is 21.6. The van der Waals surface area contributed by atoms with Crippen LogP contribution in [0.3, 0.4) is 0 Å². The zero-order valence-corrected chi connectivity index (χ0v) is 11.9. The van der Waals surface area contributed by atoms with Gasteiger partial charge in [-0.2, -0.15) is 0 Å². The van der Waals surface area contributed by atoms with Crippen LogP contribution in [0, 0.1) is 11.6 Å². The molecule has 0 aliphatic rings. The highest BCUT2D eigenvalue weighted by Crippen LogP contribution is 2.23. The molecule has 0 saturated carbocycles. The van der Waals surface area contributed by atoms with Gasteiger partial charge in [0.25, 0.3) is 5.91 Å². The van der Waals surface area contributed by atoms with E-state index in [9.17, 15) is 18.7 Å². The fourth-order valence-electron chi connectivity index (χ4n) is 1.84. The molecule has 0 aliphatic carbocycles. The van der Waals surface area contributed by atoms with Crippen LogP contribution in [0.2, 0.25) is 5.02 Å². The maximum absolute atomic E-state index is 13.2. The molecule has 0 aromatic heterocycles. The smallest absolute Gasteiger partial charge is 0.251 e. The van der Waals surface area contributed by atoms with Gasteiger partial charge in [0.2, 0.25) is 0 Å². The first kappa shape index (κ1) is 16.2. The fraction of sp³-hybridized carbons (Fsp3) is 0.133. The number of aromatic hydroxyl groups is 1. The number of aliphatic hydroxyl groups is 1. The molecule has 1 atom stereocenters. The van der Waals surface area contributed by atoms with Crippen LogP contribution in [-0.2, 0) is 0 Å². The van der Waals surface area contributed by atoms with Gasteiger partial charge < -0.3 is 15.5 Å². The molecular formula is C15H12ClF2NO3. The van der Waals surface area contributed by atoms with Gasteiger partial charge in [-0.15, -0.1) is 0 Å². The van der Waals surface area contributed by atoms with Crippen molar-refractivity contribution < 1.29 is 23.8 Å². The second-order valence-corrected chi connectivity index (χ2v) is 4.94. The predicted molar refractivity (Wildman–Crippen MR) is 76.8 cm³/mol. The molecule has 116 valence electrons. The van der Waals surface area contributed by atoms with Crippen molar-refractivity contribution in [1.82, 2.24) is 5.32 Å². The number of phenols is 1. The monoisotopic (exact) mass is 327 g/mol. The maximum atomic E-state index is 13.2. The lowest BCUT2D eigenvalue weighted by atomic mass is 10.1. The summed E-state index contributed by atoms with van der Waals surface area (Å²) >= 11 is 5.91. The number of halogens is 3. The number of hydrogen-bond acceptors (Lipinski definition) is 3. The highest BCUT2D eigenvalue weighted by atomic mass is 35.5. The Morgan fingerprint density at radius 1 is 1.23 bits per heavy atom. The van der Waals surface area contributed by atoms with E-state index in [0.717, 1.165) is 0 Å². The summed E-state index contributed by atoms with van der Waals surface area (Å²) in [6, 6.07) is 7.97. The zero-order chi connectivity index (χ0) is 16.3. The van der Waals surface area contributed by atoms with E-state index < -0.39 is 29.4 Å². The molecule has 0 spiro atoms. The first-order chi connectivity index (χ1) is 10.4. The fourth-order valence-corrected chi connectivity index (χ4v) is 2.11. The summed E-state index contributed by atoms with van der Waals surface area (Å²) in [7, 11) is 0. The molecule has 22 heavy (non-hydrogen) atoms. The quantitative estimate of drug-likeness (QED) is 0.808. The second-order valence-electron chi connectivity index (χ2n) is 4.54. The van der Waals surface area contributed by atoms with Crippen molar-refractivity contribution in [3.8, 4) is 5.75 Å². The second kappa shape index (κ2) is 6.72. The van der Waals surface area contributed by atoms with Crippen LogP contribution in [0.5, 0.6) is 5.75 Å². The molecule has 2 aromatic carbocycles. The number of amides is 1. The van der Waals surface area contributed by atoms with E-state index in [4.69, 9.17) is 16.7 Å². The van der Waals surface area contributed by atoms with Crippen molar-refractivity contribution in [3.05, 3.63) is 64.2 Å². The van der Waals surface area contributed by atoms with Crippen molar-refractivity contribution in [2.45, 2.75) is 6.10 Å². The highest BCUT2D eigenvalue weighted by molar-refractivity contribution is 6.31. The van der Waals surface area contributed by atoms with Crippen LogP contribution in [0.25, 0.3) is 0 Å². The van der Waals surface area contributed by atoms with Gasteiger partial charge in [0, 0.05) is 22.7 Å². The summed E-state index contributed by atoms with van der Waals surface area (Å²) in [4.78, 5) is 11.8. The Morgan fingerprint density at radius 2 is 1.82 bits per heavy atom.